The van der Waals surface area contributed by atoms with Crippen molar-refractivity contribution in [3.63, 3.8) is 0 Å². The maximum atomic E-state index is 5.83. The summed E-state index contributed by atoms with van der Waals surface area (Å²) in [5, 5.41) is 0. The molecule has 2 rings (SSSR count). The van der Waals surface area contributed by atoms with E-state index < -0.39 is 0 Å². The Morgan fingerprint density at radius 2 is 2.19 bits per heavy atom. The Kier molecular flexibility index (Phi) is 3.28. The fourth-order valence-electron chi connectivity index (χ4n) is 3.51. The van der Waals surface area contributed by atoms with Crippen LogP contribution < -0.4 is 0 Å². The molecule has 90 valence electrons. The van der Waals surface area contributed by atoms with Gasteiger partial charge in [-0.2, -0.15) is 0 Å². The molecule has 0 radical (unpaired) electrons. The van der Waals surface area contributed by atoms with Crippen LogP contribution in [0.5, 0.6) is 0 Å². The number of nitrogens with zero attached hydrogens (tertiary/aromatic N) is 1. The van der Waals surface area contributed by atoms with Crippen LogP contribution in [0.15, 0.2) is 0 Å². The highest BCUT2D eigenvalue weighted by Gasteiger charge is 2.42. The van der Waals surface area contributed by atoms with Gasteiger partial charge in [-0.3, -0.25) is 4.90 Å². The van der Waals surface area contributed by atoms with E-state index in [4.69, 9.17) is 11.2 Å². The third-order valence-electron chi connectivity index (χ3n) is 3.98. The summed E-state index contributed by atoms with van der Waals surface area (Å²) in [6.45, 7) is 8.50. The van der Waals surface area contributed by atoms with Gasteiger partial charge in [-0.1, -0.05) is 5.92 Å². The topological polar surface area (TPSA) is 12.5 Å². The van der Waals surface area contributed by atoms with E-state index in [1.807, 2.05) is 0 Å². The molecular weight excluding hydrogens is 198 g/mol. The predicted molar refractivity (Wildman–Crippen MR) is 66.2 cm³/mol. The molecule has 0 aromatic rings. The van der Waals surface area contributed by atoms with Crippen LogP contribution in [0, 0.1) is 17.8 Å². The van der Waals surface area contributed by atoms with Crippen LogP contribution >= 0.6 is 0 Å². The van der Waals surface area contributed by atoms with Gasteiger partial charge >= 0.3 is 0 Å². The summed E-state index contributed by atoms with van der Waals surface area (Å²) in [5.74, 6) is 2.77. The molecule has 0 amide bonds. The minimum absolute atomic E-state index is 0.0530. The first-order valence-corrected chi connectivity index (χ1v) is 6.35. The minimum Gasteiger partial charge on any atom is -0.376 e. The molecule has 2 nitrogen and oxygen atoms in total. The molecule has 0 aliphatic carbocycles. The lowest BCUT2D eigenvalue weighted by atomic mass is 9.69. The summed E-state index contributed by atoms with van der Waals surface area (Å²) in [6, 6.07) is 0. The normalized spacial score (nSPS) is 34.8. The first-order valence-electron chi connectivity index (χ1n) is 6.35. The van der Waals surface area contributed by atoms with E-state index in [1.54, 1.807) is 0 Å². The van der Waals surface area contributed by atoms with Crippen molar-refractivity contribution in [3.8, 4) is 12.3 Å². The quantitative estimate of drug-likeness (QED) is 0.630. The maximum Gasteiger partial charge on any atom is 0.0632 e. The first-order chi connectivity index (χ1) is 7.55. The van der Waals surface area contributed by atoms with Gasteiger partial charge < -0.3 is 4.74 Å². The highest BCUT2D eigenvalue weighted by molar-refractivity contribution is 4.97. The number of ether oxygens (including phenoxy) is 1. The molecule has 0 aromatic carbocycles. The molecule has 2 aliphatic rings. The Morgan fingerprint density at radius 1 is 1.38 bits per heavy atom. The highest BCUT2D eigenvalue weighted by Crippen LogP contribution is 2.44. The van der Waals surface area contributed by atoms with E-state index in [1.165, 1.54) is 38.8 Å². The number of rotatable bonds is 1. The molecule has 0 aromatic heterocycles. The van der Waals surface area contributed by atoms with E-state index in [0.29, 0.717) is 5.41 Å². The maximum absolute atomic E-state index is 5.83. The summed E-state index contributed by atoms with van der Waals surface area (Å²) in [6.07, 6.45) is 10.4. The third-order valence-corrected chi connectivity index (χ3v) is 3.98. The fourth-order valence-corrected chi connectivity index (χ4v) is 3.51. The number of hydrogen-bond donors (Lipinski definition) is 0. The van der Waals surface area contributed by atoms with Crippen LogP contribution in [0.1, 0.15) is 39.5 Å². The summed E-state index contributed by atoms with van der Waals surface area (Å²) in [7, 11) is 0. The van der Waals surface area contributed by atoms with Crippen molar-refractivity contribution in [3.05, 3.63) is 0 Å². The second kappa shape index (κ2) is 4.39. The van der Waals surface area contributed by atoms with Gasteiger partial charge in [0.2, 0.25) is 0 Å². The zero-order valence-corrected chi connectivity index (χ0v) is 10.6. The molecule has 1 spiro atoms. The average Bonchev–Trinajstić information content (AvgIpc) is 2.16. The van der Waals surface area contributed by atoms with Crippen molar-refractivity contribution in [1.82, 2.24) is 4.90 Å². The summed E-state index contributed by atoms with van der Waals surface area (Å²) in [4.78, 5) is 2.44. The van der Waals surface area contributed by atoms with E-state index >= 15 is 0 Å². The number of terminal acetylenes is 1. The molecule has 2 saturated heterocycles. The molecule has 2 heteroatoms. The van der Waals surface area contributed by atoms with Crippen LogP contribution in [0.25, 0.3) is 0 Å². The lowest BCUT2D eigenvalue weighted by Crippen LogP contribution is -2.50. The molecule has 0 bridgehead atoms. The predicted octanol–water partition coefficient (Wildman–Crippen LogP) is 2.29. The van der Waals surface area contributed by atoms with E-state index in [2.05, 4.69) is 24.7 Å². The Labute approximate surface area is 99.3 Å². The van der Waals surface area contributed by atoms with Crippen molar-refractivity contribution in [1.29, 1.82) is 0 Å². The molecule has 1 unspecified atom stereocenters. The molecule has 2 aliphatic heterocycles. The zero-order valence-electron chi connectivity index (χ0n) is 10.6. The van der Waals surface area contributed by atoms with Gasteiger partial charge in [0.15, 0.2) is 0 Å². The molecule has 1 atom stereocenters. The Morgan fingerprint density at radius 3 is 2.88 bits per heavy atom. The van der Waals surface area contributed by atoms with E-state index in [9.17, 15) is 0 Å². The van der Waals surface area contributed by atoms with E-state index in [-0.39, 0.29) is 5.60 Å². The Bertz CT molecular complexity index is 288. The van der Waals surface area contributed by atoms with Crippen LogP contribution in [-0.2, 0) is 4.74 Å². The third kappa shape index (κ3) is 2.59. The monoisotopic (exact) mass is 221 g/mol. The van der Waals surface area contributed by atoms with Gasteiger partial charge in [0.25, 0.3) is 0 Å². The largest absolute Gasteiger partial charge is 0.376 e. The van der Waals surface area contributed by atoms with Crippen LogP contribution in [-0.4, -0.2) is 36.7 Å². The second-order valence-electron chi connectivity index (χ2n) is 6.05. The van der Waals surface area contributed by atoms with Gasteiger partial charge in [-0.15, -0.1) is 6.42 Å². The summed E-state index contributed by atoms with van der Waals surface area (Å²) in [5.41, 5.74) is 0.522. The summed E-state index contributed by atoms with van der Waals surface area (Å²) >= 11 is 0. The Balaban J connectivity index is 2.04. The minimum atomic E-state index is 0.0530. The standard InChI is InChI=1S/C14H23NO/c1-4-8-15-9-5-6-14(12-15)7-10-16-13(2,3)11-14/h1H,5-12H2,2-3H3. The van der Waals surface area contributed by atoms with Crippen LogP contribution in [0.3, 0.4) is 0 Å². The molecule has 2 fully saturated rings. The van der Waals surface area contributed by atoms with Gasteiger partial charge in [-0.25, -0.2) is 0 Å². The number of hydrogen-bond acceptors (Lipinski definition) is 2. The lowest BCUT2D eigenvalue weighted by molar-refractivity contribution is -0.121. The van der Waals surface area contributed by atoms with Gasteiger partial charge in [0, 0.05) is 13.2 Å². The molecular formula is C14H23NO. The first kappa shape index (κ1) is 12.0. The van der Waals surface area contributed by atoms with Crippen molar-refractivity contribution in [2.75, 3.05) is 26.2 Å². The number of piperidine rings is 1. The SMILES string of the molecule is C#CCN1CCCC2(CCOC(C)(C)C2)C1. The fraction of sp³-hybridized carbons (Fsp3) is 0.857. The van der Waals surface area contributed by atoms with Crippen molar-refractivity contribution < 1.29 is 4.74 Å². The highest BCUT2D eigenvalue weighted by atomic mass is 16.5. The number of likely N-dealkylation sites (tertiary alicyclic amines) is 1. The average molecular weight is 221 g/mol. The van der Waals surface area contributed by atoms with Crippen LogP contribution in [0.2, 0.25) is 0 Å². The van der Waals surface area contributed by atoms with Crippen LogP contribution in [0.4, 0.5) is 0 Å². The Hall–Kier alpha value is -0.520. The van der Waals surface area contributed by atoms with Gasteiger partial charge in [0.05, 0.1) is 12.1 Å². The van der Waals surface area contributed by atoms with Gasteiger partial charge in [-0.05, 0) is 51.5 Å². The van der Waals surface area contributed by atoms with Crippen molar-refractivity contribution >= 4 is 0 Å². The van der Waals surface area contributed by atoms with Gasteiger partial charge in [0.1, 0.15) is 0 Å². The molecule has 0 saturated carbocycles. The van der Waals surface area contributed by atoms with E-state index in [0.717, 1.165) is 13.2 Å². The van der Waals surface area contributed by atoms with Crippen molar-refractivity contribution in [2.24, 2.45) is 5.41 Å². The summed E-state index contributed by atoms with van der Waals surface area (Å²) < 4.78 is 5.83. The van der Waals surface area contributed by atoms with Crippen molar-refractivity contribution in [2.45, 2.75) is 45.1 Å². The molecule has 2 heterocycles. The molecule has 16 heavy (non-hydrogen) atoms. The zero-order chi connectivity index (χ0) is 11.6. The lowest BCUT2D eigenvalue weighted by Gasteiger charge is -2.49. The molecule has 0 N–H and O–H groups in total. The second-order valence-corrected chi connectivity index (χ2v) is 6.05. The smallest absolute Gasteiger partial charge is 0.0632 e.